The number of esters is 1. The second-order valence-electron chi connectivity index (χ2n) is 13.0. The van der Waals surface area contributed by atoms with Crippen LogP contribution in [0.3, 0.4) is 0 Å². The van der Waals surface area contributed by atoms with Gasteiger partial charge in [-0.15, -0.1) is 0 Å². The Morgan fingerprint density at radius 3 is 2.45 bits per heavy atom. The van der Waals surface area contributed by atoms with Gasteiger partial charge in [-0.3, -0.25) is 4.79 Å². The topological polar surface area (TPSA) is 115 Å². The molecule has 2 bridgehead atoms. The van der Waals surface area contributed by atoms with Crippen molar-refractivity contribution in [1.82, 2.24) is 0 Å². The highest BCUT2D eigenvalue weighted by Crippen LogP contribution is 2.81. The molecule has 8 nitrogen and oxygen atoms in total. The van der Waals surface area contributed by atoms with Crippen molar-refractivity contribution >= 4 is 17.5 Å². The molecule has 0 amide bonds. The van der Waals surface area contributed by atoms with Crippen molar-refractivity contribution in [2.45, 2.75) is 88.6 Å². The maximum absolute atomic E-state index is 14.1. The van der Waals surface area contributed by atoms with Crippen LogP contribution in [-0.4, -0.2) is 58.2 Å². The van der Waals surface area contributed by atoms with Crippen molar-refractivity contribution in [3.8, 4) is 5.75 Å². The highest BCUT2D eigenvalue weighted by Gasteiger charge is 2.84. The summed E-state index contributed by atoms with van der Waals surface area (Å²) in [7, 11) is 1.62. The van der Waals surface area contributed by atoms with Crippen molar-refractivity contribution in [1.29, 1.82) is 0 Å². The van der Waals surface area contributed by atoms with E-state index in [0.717, 1.165) is 37.0 Å². The Morgan fingerprint density at radius 2 is 1.79 bits per heavy atom. The number of carbonyl (C=O) groups excluding carboxylic acids is 2. The Kier molecular flexibility index (Phi) is 5.32. The second kappa shape index (κ2) is 7.92. The van der Waals surface area contributed by atoms with Crippen LogP contribution in [0.1, 0.15) is 65.4 Å². The molecular formula is C30H37NO7. The monoisotopic (exact) mass is 523 g/mol. The van der Waals surface area contributed by atoms with E-state index in [4.69, 9.17) is 14.3 Å². The summed E-state index contributed by atoms with van der Waals surface area (Å²) < 4.78 is 11.0. The first-order chi connectivity index (χ1) is 17.9. The van der Waals surface area contributed by atoms with Crippen molar-refractivity contribution in [2.24, 2.45) is 27.8 Å². The number of carbonyl (C=O) groups is 2. The third kappa shape index (κ3) is 2.91. The van der Waals surface area contributed by atoms with Gasteiger partial charge in [-0.2, -0.15) is 0 Å². The summed E-state index contributed by atoms with van der Waals surface area (Å²) in [5.74, 6) is -1.41. The molecule has 1 aromatic carbocycles. The number of benzene rings is 1. The summed E-state index contributed by atoms with van der Waals surface area (Å²) in [5.41, 5.74) is -2.68. The Bertz CT molecular complexity index is 1250. The molecule has 1 heterocycles. The number of hydrogen-bond donors (Lipinski definition) is 2. The Hall–Kier alpha value is -2.71. The lowest BCUT2D eigenvalue weighted by Gasteiger charge is -2.54. The van der Waals surface area contributed by atoms with E-state index >= 15 is 0 Å². The molecule has 1 aromatic rings. The molecule has 6 rings (SSSR count). The van der Waals surface area contributed by atoms with Gasteiger partial charge in [0.25, 0.3) is 0 Å². The molecule has 5 aliphatic rings. The Labute approximate surface area is 223 Å². The van der Waals surface area contributed by atoms with Gasteiger partial charge in [0.15, 0.2) is 17.1 Å². The number of fused-ring (bicyclic) bond motifs is 3. The summed E-state index contributed by atoms with van der Waals surface area (Å²) >= 11 is 0. The van der Waals surface area contributed by atoms with Gasteiger partial charge >= 0.3 is 5.97 Å². The molecule has 0 radical (unpaired) electrons. The van der Waals surface area contributed by atoms with E-state index in [-0.39, 0.29) is 23.3 Å². The molecule has 0 unspecified atom stereocenters. The van der Waals surface area contributed by atoms with Gasteiger partial charge in [-0.05, 0) is 56.7 Å². The van der Waals surface area contributed by atoms with E-state index in [1.54, 1.807) is 27.9 Å². The van der Waals surface area contributed by atoms with Crippen molar-refractivity contribution in [3.05, 3.63) is 42.0 Å². The summed E-state index contributed by atoms with van der Waals surface area (Å²) in [6.45, 7) is 7.57. The molecule has 38 heavy (non-hydrogen) atoms. The number of hydrogen-bond acceptors (Lipinski definition) is 8. The first-order valence-corrected chi connectivity index (χ1v) is 13.6. The van der Waals surface area contributed by atoms with Crippen LogP contribution in [0.5, 0.6) is 5.75 Å². The van der Waals surface area contributed by atoms with E-state index in [1.165, 1.54) is 0 Å². The minimum Gasteiger partial charge on any atom is -0.497 e. The fourth-order valence-corrected chi connectivity index (χ4v) is 8.93. The van der Waals surface area contributed by atoms with E-state index in [1.807, 2.05) is 24.3 Å². The fourth-order valence-electron chi connectivity index (χ4n) is 8.93. The lowest BCUT2D eigenvalue weighted by Crippen LogP contribution is -2.68. The van der Waals surface area contributed by atoms with Crippen LogP contribution in [0.2, 0.25) is 0 Å². The van der Waals surface area contributed by atoms with Crippen LogP contribution >= 0.6 is 0 Å². The molecule has 8 atom stereocenters. The molecule has 8 heteroatoms. The van der Waals surface area contributed by atoms with Crippen LogP contribution in [0.15, 0.2) is 41.6 Å². The first kappa shape index (κ1) is 25.6. The highest BCUT2D eigenvalue weighted by atomic mass is 16.7. The third-order valence-corrected chi connectivity index (χ3v) is 10.4. The number of rotatable bonds is 3. The predicted molar refractivity (Wildman–Crippen MR) is 139 cm³/mol. The summed E-state index contributed by atoms with van der Waals surface area (Å²) in [6.07, 6.45) is 4.91. The van der Waals surface area contributed by atoms with Gasteiger partial charge in [0.05, 0.1) is 7.11 Å². The number of ketones is 1. The SMILES string of the molecule is COc1ccc([C@]23C=C[C@@]4(CCCC[C@@]24C)[C@H]2[C@@H]3C(=O)[C@H](O)[C@H](O)[C@]23CC(C(=O)OC(C)(C)C)=NO3)cc1. The van der Waals surface area contributed by atoms with Crippen molar-refractivity contribution in [2.75, 3.05) is 7.11 Å². The average molecular weight is 524 g/mol. The number of Topliss-reactive ketones (excluding diaryl/α,β-unsaturated/α-hetero) is 1. The molecular weight excluding hydrogens is 486 g/mol. The first-order valence-electron chi connectivity index (χ1n) is 13.6. The molecule has 3 fully saturated rings. The molecule has 1 aliphatic heterocycles. The quantitative estimate of drug-likeness (QED) is 0.461. The predicted octanol–water partition coefficient (Wildman–Crippen LogP) is 3.48. The van der Waals surface area contributed by atoms with Crippen molar-refractivity contribution in [3.63, 3.8) is 0 Å². The second-order valence-corrected chi connectivity index (χ2v) is 13.0. The maximum Gasteiger partial charge on any atom is 0.356 e. The van der Waals surface area contributed by atoms with Gasteiger partial charge in [-0.25, -0.2) is 4.79 Å². The molecule has 3 saturated carbocycles. The summed E-state index contributed by atoms with van der Waals surface area (Å²) in [5, 5.41) is 26.9. The summed E-state index contributed by atoms with van der Waals surface area (Å²) in [4.78, 5) is 33.2. The molecule has 204 valence electrons. The highest BCUT2D eigenvalue weighted by molar-refractivity contribution is 6.37. The number of methoxy groups -OCH3 is 1. The zero-order valence-corrected chi connectivity index (χ0v) is 22.7. The van der Waals surface area contributed by atoms with Gasteiger partial charge in [0, 0.05) is 29.1 Å². The van der Waals surface area contributed by atoms with Crippen LogP contribution in [0.25, 0.3) is 0 Å². The Morgan fingerprint density at radius 1 is 1.11 bits per heavy atom. The molecule has 1 spiro atoms. The zero-order chi connectivity index (χ0) is 27.3. The largest absolute Gasteiger partial charge is 0.497 e. The van der Waals surface area contributed by atoms with Crippen LogP contribution in [0, 0.1) is 22.7 Å². The van der Waals surface area contributed by atoms with Crippen molar-refractivity contribution < 1.29 is 34.1 Å². The average Bonchev–Trinajstić information content (AvgIpc) is 3.50. The zero-order valence-electron chi connectivity index (χ0n) is 22.7. The molecule has 4 aliphatic carbocycles. The number of oxime groups is 1. The molecule has 0 saturated heterocycles. The van der Waals surface area contributed by atoms with Crippen LogP contribution < -0.4 is 4.74 Å². The molecule has 0 aromatic heterocycles. The minimum absolute atomic E-state index is 0.0288. The van der Waals surface area contributed by atoms with E-state index in [2.05, 4.69) is 24.2 Å². The molecule has 2 N–H and O–H groups in total. The lowest BCUT2D eigenvalue weighted by atomic mass is 9.51. The van der Waals surface area contributed by atoms with Gasteiger partial charge < -0.3 is 24.5 Å². The third-order valence-electron chi connectivity index (χ3n) is 10.4. The number of aliphatic hydroxyl groups excluding tert-OH is 2. The maximum atomic E-state index is 14.1. The number of aliphatic hydroxyl groups is 2. The fraction of sp³-hybridized carbons (Fsp3) is 0.633. The smallest absolute Gasteiger partial charge is 0.356 e. The number of ether oxygens (including phenoxy) is 2. The van der Waals surface area contributed by atoms with Gasteiger partial charge in [0.2, 0.25) is 0 Å². The van der Waals surface area contributed by atoms with E-state index in [9.17, 15) is 19.8 Å². The summed E-state index contributed by atoms with van der Waals surface area (Å²) in [6, 6.07) is 7.83. The normalized spacial score (nSPS) is 42.9. The van der Waals surface area contributed by atoms with Gasteiger partial charge in [-0.1, -0.05) is 49.2 Å². The van der Waals surface area contributed by atoms with E-state index in [0.29, 0.717) is 0 Å². The van der Waals surface area contributed by atoms with Crippen LogP contribution in [0.4, 0.5) is 0 Å². The number of allylic oxidation sites excluding steroid dienone is 2. The standard InChI is InChI=1S/C30H37NO7/c1-26(2,3)37-25(35)19-16-30(38-31-19)23-20(21(32)22(33)24(30)34)29(17-8-10-18(36-5)11-9-17)15-14-28(23)13-7-6-12-27(28,29)4/h8-11,14-15,20,22-24,33-34H,6-7,12-13,16H2,1-5H3/t20-,22-,23+,24-,27+,28-,29-,30-/m0/s1. The number of nitrogens with zero attached hydrogens (tertiary/aromatic N) is 1. The van der Waals surface area contributed by atoms with E-state index < -0.39 is 52.0 Å². The van der Waals surface area contributed by atoms with Gasteiger partial charge in [0.1, 0.15) is 23.6 Å². The Balaban J connectivity index is 1.52. The minimum atomic E-state index is -1.66. The lowest BCUT2D eigenvalue weighted by molar-refractivity contribution is -0.221. The van der Waals surface area contributed by atoms with Crippen LogP contribution in [-0.2, 0) is 24.6 Å².